The van der Waals surface area contributed by atoms with E-state index in [0.29, 0.717) is 0 Å². The molecule has 0 radical (unpaired) electrons. The van der Waals surface area contributed by atoms with E-state index in [1.54, 1.807) is 6.20 Å². The Balaban J connectivity index is 2.00. The minimum absolute atomic E-state index is 0.724. The minimum Gasteiger partial charge on any atom is -0.399 e. The maximum atomic E-state index is 5.81. The summed E-state index contributed by atoms with van der Waals surface area (Å²) in [5.41, 5.74) is 10.7. The first kappa shape index (κ1) is 13.2. The molecule has 0 spiro atoms. The Hall–Kier alpha value is -2.75. The van der Waals surface area contributed by atoms with Gasteiger partial charge in [-0.05, 0) is 42.5 Å². The average molecular weight is 278 g/mol. The molecular weight excluding hydrogens is 260 g/mol. The molecule has 21 heavy (non-hydrogen) atoms. The van der Waals surface area contributed by atoms with Crippen LogP contribution in [0.3, 0.4) is 0 Å². The fraction of sp³-hybridized carbons (Fsp3) is 0.118. The molecule has 0 unspecified atom stereocenters. The van der Waals surface area contributed by atoms with Crippen LogP contribution in [0, 0.1) is 0 Å². The predicted molar refractivity (Wildman–Crippen MR) is 90.2 cm³/mol. The van der Waals surface area contributed by atoms with Crippen molar-refractivity contribution in [3.05, 3.63) is 54.7 Å². The van der Waals surface area contributed by atoms with Crippen LogP contribution in [0.15, 0.2) is 54.7 Å². The maximum absolute atomic E-state index is 5.81. The molecule has 0 amide bonds. The second-order valence-electron chi connectivity index (χ2n) is 5.20. The van der Waals surface area contributed by atoms with Crippen molar-refractivity contribution in [1.29, 1.82) is 0 Å². The summed E-state index contributed by atoms with van der Waals surface area (Å²) < 4.78 is 0. The molecule has 0 bridgehead atoms. The molecule has 2 aromatic carbocycles. The second-order valence-corrected chi connectivity index (χ2v) is 5.20. The Morgan fingerprint density at radius 3 is 2.71 bits per heavy atom. The summed E-state index contributed by atoms with van der Waals surface area (Å²) in [6, 6.07) is 16.0. The number of benzene rings is 2. The van der Waals surface area contributed by atoms with Crippen molar-refractivity contribution >= 4 is 33.7 Å². The van der Waals surface area contributed by atoms with Gasteiger partial charge in [-0.2, -0.15) is 0 Å². The predicted octanol–water partition coefficient (Wildman–Crippen LogP) is 3.63. The lowest BCUT2D eigenvalue weighted by Crippen LogP contribution is -2.08. The summed E-state index contributed by atoms with van der Waals surface area (Å²) in [7, 11) is 4.06. The van der Waals surface area contributed by atoms with Crippen LogP contribution < -0.4 is 16.0 Å². The molecule has 0 fully saturated rings. The highest BCUT2D eigenvalue weighted by molar-refractivity contribution is 5.94. The van der Waals surface area contributed by atoms with E-state index in [-0.39, 0.29) is 0 Å². The molecular formula is C17H18N4. The van der Waals surface area contributed by atoms with Crippen molar-refractivity contribution in [1.82, 2.24) is 4.98 Å². The van der Waals surface area contributed by atoms with Crippen LogP contribution in [0.5, 0.6) is 0 Å². The van der Waals surface area contributed by atoms with Gasteiger partial charge < -0.3 is 16.0 Å². The zero-order valence-corrected chi connectivity index (χ0v) is 12.2. The Bertz CT molecular complexity index is 781. The van der Waals surface area contributed by atoms with Gasteiger partial charge in [0.1, 0.15) is 0 Å². The molecule has 1 heterocycles. The van der Waals surface area contributed by atoms with Crippen molar-refractivity contribution in [2.24, 2.45) is 0 Å². The third kappa shape index (κ3) is 2.74. The minimum atomic E-state index is 0.724. The number of aromatic nitrogens is 1. The van der Waals surface area contributed by atoms with Crippen LogP contribution in [0.2, 0.25) is 0 Å². The Kier molecular flexibility index (Phi) is 3.36. The van der Waals surface area contributed by atoms with Gasteiger partial charge in [-0.3, -0.25) is 4.98 Å². The van der Waals surface area contributed by atoms with Crippen molar-refractivity contribution in [3.8, 4) is 0 Å². The van der Waals surface area contributed by atoms with E-state index in [4.69, 9.17) is 5.73 Å². The second kappa shape index (κ2) is 5.32. The van der Waals surface area contributed by atoms with Crippen molar-refractivity contribution < 1.29 is 0 Å². The lowest BCUT2D eigenvalue weighted by atomic mass is 10.1. The van der Waals surface area contributed by atoms with Gasteiger partial charge >= 0.3 is 0 Å². The number of nitrogen functional groups attached to an aromatic ring is 1. The highest BCUT2D eigenvalue weighted by atomic mass is 15.1. The standard InChI is InChI=1S/C17H18N4/c1-21(2)14-5-3-4-13(11-14)20-16-8-9-19-17-10-12(18)6-7-15(16)17/h3-11H,18H2,1-2H3,(H,19,20). The van der Waals surface area contributed by atoms with Gasteiger partial charge in [0.25, 0.3) is 0 Å². The molecule has 4 heteroatoms. The number of nitrogens with two attached hydrogens (primary N) is 1. The average Bonchev–Trinajstić information content (AvgIpc) is 2.47. The SMILES string of the molecule is CN(C)c1cccc(Nc2ccnc3cc(N)ccc23)c1. The van der Waals surface area contributed by atoms with Gasteiger partial charge in [0.15, 0.2) is 0 Å². The van der Waals surface area contributed by atoms with E-state index in [2.05, 4.69) is 33.4 Å². The zero-order chi connectivity index (χ0) is 14.8. The fourth-order valence-electron chi connectivity index (χ4n) is 2.29. The number of anilines is 4. The third-order valence-corrected chi connectivity index (χ3v) is 3.41. The quantitative estimate of drug-likeness (QED) is 0.718. The van der Waals surface area contributed by atoms with E-state index in [1.165, 1.54) is 0 Å². The van der Waals surface area contributed by atoms with E-state index in [1.807, 2.05) is 44.4 Å². The largest absolute Gasteiger partial charge is 0.399 e. The number of nitrogens with one attached hydrogen (secondary N) is 1. The smallest absolute Gasteiger partial charge is 0.0743 e. The van der Waals surface area contributed by atoms with Gasteiger partial charge in [-0.15, -0.1) is 0 Å². The number of rotatable bonds is 3. The van der Waals surface area contributed by atoms with Crippen LogP contribution in [-0.2, 0) is 0 Å². The van der Waals surface area contributed by atoms with E-state index < -0.39 is 0 Å². The molecule has 0 aliphatic carbocycles. The van der Waals surface area contributed by atoms with Crippen LogP contribution >= 0.6 is 0 Å². The Morgan fingerprint density at radius 2 is 1.90 bits per heavy atom. The molecule has 0 atom stereocenters. The first-order chi connectivity index (χ1) is 10.1. The monoisotopic (exact) mass is 278 g/mol. The number of fused-ring (bicyclic) bond motifs is 1. The third-order valence-electron chi connectivity index (χ3n) is 3.41. The molecule has 0 aliphatic heterocycles. The topological polar surface area (TPSA) is 54.2 Å². The van der Waals surface area contributed by atoms with Gasteiger partial charge in [0, 0.05) is 48.4 Å². The molecule has 0 saturated carbocycles. The van der Waals surface area contributed by atoms with Crippen LogP contribution in [0.1, 0.15) is 0 Å². The van der Waals surface area contributed by atoms with Gasteiger partial charge in [0.2, 0.25) is 0 Å². The lowest BCUT2D eigenvalue weighted by Gasteiger charge is -2.15. The molecule has 0 saturated heterocycles. The molecule has 3 aromatic rings. The lowest BCUT2D eigenvalue weighted by molar-refractivity contribution is 1.13. The number of nitrogens with zero attached hydrogens (tertiary/aromatic N) is 2. The van der Waals surface area contributed by atoms with Gasteiger partial charge in [-0.25, -0.2) is 0 Å². The van der Waals surface area contributed by atoms with Gasteiger partial charge in [-0.1, -0.05) is 6.07 Å². The maximum Gasteiger partial charge on any atom is 0.0743 e. The summed E-state index contributed by atoms with van der Waals surface area (Å²) in [6.45, 7) is 0. The normalized spacial score (nSPS) is 10.6. The molecule has 3 rings (SSSR count). The summed E-state index contributed by atoms with van der Waals surface area (Å²) in [5.74, 6) is 0. The molecule has 4 nitrogen and oxygen atoms in total. The highest BCUT2D eigenvalue weighted by Gasteiger charge is 2.04. The molecule has 3 N–H and O–H groups in total. The summed E-state index contributed by atoms with van der Waals surface area (Å²) in [4.78, 5) is 6.44. The van der Waals surface area contributed by atoms with Crippen LogP contribution in [0.25, 0.3) is 10.9 Å². The molecule has 106 valence electrons. The van der Waals surface area contributed by atoms with Crippen molar-refractivity contribution in [3.63, 3.8) is 0 Å². The Labute approximate surface area is 124 Å². The number of hydrogen-bond donors (Lipinski definition) is 2. The first-order valence-electron chi connectivity index (χ1n) is 6.82. The van der Waals surface area contributed by atoms with E-state index >= 15 is 0 Å². The van der Waals surface area contributed by atoms with Crippen LogP contribution in [-0.4, -0.2) is 19.1 Å². The highest BCUT2D eigenvalue weighted by Crippen LogP contribution is 2.27. The first-order valence-corrected chi connectivity index (χ1v) is 6.82. The number of pyridine rings is 1. The summed E-state index contributed by atoms with van der Waals surface area (Å²) >= 11 is 0. The van der Waals surface area contributed by atoms with Crippen LogP contribution in [0.4, 0.5) is 22.7 Å². The fourth-order valence-corrected chi connectivity index (χ4v) is 2.29. The molecule has 1 aromatic heterocycles. The zero-order valence-electron chi connectivity index (χ0n) is 12.2. The Morgan fingerprint density at radius 1 is 1.05 bits per heavy atom. The van der Waals surface area contributed by atoms with E-state index in [0.717, 1.165) is 33.7 Å². The molecule has 0 aliphatic rings. The van der Waals surface area contributed by atoms with Crippen molar-refractivity contribution in [2.75, 3.05) is 30.0 Å². The van der Waals surface area contributed by atoms with E-state index in [9.17, 15) is 0 Å². The number of hydrogen-bond acceptors (Lipinski definition) is 4. The van der Waals surface area contributed by atoms with Crippen molar-refractivity contribution in [2.45, 2.75) is 0 Å². The summed E-state index contributed by atoms with van der Waals surface area (Å²) in [6.07, 6.45) is 1.79. The summed E-state index contributed by atoms with van der Waals surface area (Å²) in [5, 5.41) is 4.51. The van der Waals surface area contributed by atoms with Gasteiger partial charge in [0.05, 0.1) is 5.52 Å².